The Hall–Kier alpha value is -3.22. The first-order valence-electron chi connectivity index (χ1n) is 11.9. The third-order valence-electron chi connectivity index (χ3n) is 6.75. The number of rotatable bonds is 6. The Morgan fingerprint density at radius 1 is 1.06 bits per heavy atom. The average molecular weight is 460 g/mol. The van der Waals surface area contributed by atoms with Gasteiger partial charge in [0.15, 0.2) is 0 Å². The second-order valence-electron chi connectivity index (χ2n) is 9.20. The first-order chi connectivity index (χ1) is 16.5. The SMILES string of the molecule is Cc1cc(C=C2C(=O)Nc3ccc(F)cc32)c2ccccc(OCCCN3CCN(C)CC3)c1-2. The van der Waals surface area contributed by atoms with Crippen LogP contribution in [0.1, 0.15) is 23.1 Å². The number of amides is 1. The number of halogens is 1. The van der Waals surface area contributed by atoms with Crippen molar-refractivity contribution in [1.29, 1.82) is 0 Å². The number of aryl methyl sites for hydroxylation is 1. The Kier molecular flexibility index (Phi) is 6.35. The molecule has 2 heterocycles. The van der Waals surface area contributed by atoms with Gasteiger partial charge in [-0.15, -0.1) is 0 Å². The predicted molar refractivity (Wildman–Crippen MR) is 135 cm³/mol. The van der Waals surface area contributed by atoms with Crippen LogP contribution in [0, 0.1) is 12.7 Å². The van der Waals surface area contributed by atoms with Crippen LogP contribution in [0.5, 0.6) is 5.75 Å². The van der Waals surface area contributed by atoms with Gasteiger partial charge in [-0.1, -0.05) is 24.3 Å². The molecule has 1 amide bonds. The molecular formula is C28H30FN3O2. The number of likely N-dealkylation sites (N-methyl/N-ethyl adjacent to an activating group) is 1. The average Bonchev–Trinajstić information content (AvgIpc) is 3.18. The standard InChI is InChI=1S/C28H30FN3O2/c1-19-16-20(17-24-23-18-21(29)8-9-25(23)30-28(24)33)22-6-3-4-7-26(27(19)22)34-15-5-10-32-13-11-31(2)12-14-32/h3-4,6-9,16-18H,5,10-15H2,1-2H3,(H,30,33). The molecule has 0 atom stereocenters. The lowest BCUT2D eigenvalue weighted by atomic mass is 10.0. The molecule has 0 saturated carbocycles. The lowest BCUT2D eigenvalue weighted by Gasteiger charge is -2.32. The predicted octanol–water partition coefficient (Wildman–Crippen LogP) is 4.75. The maximum atomic E-state index is 13.9. The second kappa shape index (κ2) is 9.57. The van der Waals surface area contributed by atoms with E-state index in [-0.39, 0.29) is 11.7 Å². The molecule has 0 spiro atoms. The summed E-state index contributed by atoms with van der Waals surface area (Å²) in [6.45, 7) is 8.22. The first-order valence-corrected chi connectivity index (χ1v) is 11.9. The highest BCUT2D eigenvalue weighted by Crippen LogP contribution is 2.41. The van der Waals surface area contributed by atoms with Crippen LogP contribution in [0.3, 0.4) is 0 Å². The van der Waals surface area contributed by atoms with Crippen LogP contribution in [-0.4, -0.2) is 62.1 Å². The van der Waals surface area contributed by atoms with Gasteiger partial charge in [-0.25, -0.2) is 4.39 Å². The van der Waals surface area contributed by atoms with Crippen LogP contribution in [0.15, 0.2) is 48.5 Å². The van der Waals surface area contributed by atoms with Crippen molar-refractivity contribution < 1.29 is 13.9 Å². The van der Waals surface area contributed by atoms with Gasteiger partial charge in [0.25, 0.3) is 5.91 Å². The smallest absolute Gasteiger partial charge is 0.256 e. The summed E-state index contributed by atoms with van der Waals surface area (Å²) in [5, 5.41) is 2.83. The number of hydrogen-bond acceptors (Lipinski definition) is 4. The molecule has 176 valence electrons. The fourth-order valence-electron chi connectivity index (χ4n) is 4.87. The molecule has 1 N–H and O–H groups in total. The quantitative estimate of drug-likeness (QED) is 0.427. The number of benzene rings is 1. The minimum atomic E-state index is -0.358. The minimum Gasteiger partial charge on any atom is -0.493 e. The summed E-state index contributed by atoms with van der Waals surface area (Å²) < 4.78 is 20.1. The number of nitrogens with zero attached hydrogens (tertiary/aromatic N) is 2. The van der Waals surface area contributed by atoms with Crippen LogP contribution in [0.25, 0.3) is 22.8 Å². The fraction of sp³-hybridized carbons (Fsp3) is 0.321. The molecule has 1 saturated heterocycles. The van der Waals surface area contributed by atoms with Crippen molar-refractivity contribution in [1.82, 2.24) is 9.80 Å². The van der Waals surface area contributed by atoms with Crippen LogP contribution in [0.4, 0.5) is 10.1 Å². The van der Waals surface area contributed by atoms with Crippen molar-refractivity contribution in [3.05, 3.63) is 71.0 Å². The van der Waals surface area contributed by atoms with Crippen molar-refractivity contribution in [2.75, 3.05) is 51.7 Å². The van der Waals surface area contributed by atoms with Crippen LogP contribution >= 0.6 is 0 Å². The first kappa shape index (κ1) is 22.6. The van der Waals surface area contributed by atoms with Gasteiger partial charge in [0, 0.05) is 55.1 Å². The third kappa shape index (κ3) is 4.56. The van der Waals surface area contributed by atoms with Crippen molar-refractivity contribution in [3.63, 3.8) is 0 Å². The van der Waals surface area contributed by atoms with Crippen LogP contribution < -0.4 is 10.1 Å². The summed E-state index contributed by atoms with van der Waals surface area (Å²) in [5.41, 5.74) is 5.79. The number of carbonyl (C=O) groups excluding carboxylic acids is 1. The van der Waals surface area contributed by atoms with Gasteiger partial charge in [0.1, 0.15) is 11.6 Å². The molecule has 5 nitrogen and oxygen atoms in total. The number of nitrogens with one attached hydrogen (secondary N) is 1. The van der Waals surface area contributed by atoms with Gasteiger partial charge in [-0.2, -0.15) is 0 Å². The van der Waals surface area contributed by atoms with Gasteiger partial charge in [-0.3, -0.25) is 4.79 Å². The lowest BCUT2D eigenvalue weighted by molar-refractivity contribution is -0.110. The highest BCUT2D eigenvalue weighted by atomic mass is 19.1. The molecule has 34 heavy (non-hydrogen) atoms. The van der Waals surface area contributed by atoms with Gasteiger partial charge in [-0.05, 0) is 67.4 Å². The Balaban J connectivity index is 1.35. The number of hydrogen-bond donors (Lipinski definition) is 1. The molecule has 5 rings (SSSR count). The molecular weight excluding hydrogens is 429 g/mol. The molecule has 4 aliphatic rings. The van der Waals surface area contributed by atoms with E-state index in [0.717, 1.165) is 67.1 Å². The fourth-order valence-corrected chi connectivity index (χ4v) is 4.87. The number of fused-ring (bicyclic) bond motifs is 2. The number of carbonyl (C=O) groups is 1. The van der Waals surface area contributed by atoms with Crippen molar-refractivity contribution >= 4 is 23.2 Å². The molecule has 1 aromatic carbocycles. The summed E-state index contributed by atoms with van der Waals surface area (Å²) in [4.78, 5) is 17.5. The molecule has 1 fully saturated rings. The molecule has 0 radical (unpaired) electrons. The minimum absolute atomic E-state index is 0.215. The van der Waals surface area contributed by atoms with E-state index in [1.807, 2.05) is 30.3 Å². The van der Waals surface area contributed by atoms with Gasteiger partial charge in [0.2, 0.25) is 0 Å². The number of anilines is 1. The van der Waals surface area contributed by atoms with Crippen LogP contribution in [-0.2, 0) is 4.79 Å². The maximum absolute atomic E-state index is 13.9. The normalized spacial score (nSPS) is 17.9. The van der Waals surface area contributed by atoms with E-state index in [1.54, 1.807) is 6.07 Å². The lowest BCUT2D eigenvalue weighted by Crippen LogP contribution is -2.44. The Bertz CT molecular complexity index is 1210. The van der Waals surface area contributed by atoms with E-state index in [0.29, 0.717) is 23.4 Å². The Morgan fingerprint density at radius 3 is 2.68 bits per heavy atom. The van der Waals surface area contributed by atoms with E-state index in [4.69, 9.17) is 4.74 Å². The van der Waals surface area contributed by atoms with Crippen molar-refractivity contribution in [3.8, 4) is 16.9 Å². The van der Waals surface area contributed by atoms with Gasteiger partial charge in [0.05, 0.1) is 6.61 Å². The van der Waals surface area contributed by atoms with E-state index in [2.05, 4.69) is 35.2 Å². The maximum Gasteiger partial charge on any atom is 0.256 e. The van der Waals surface area contributed by atoms with Crippen LogP contribution in [0.2, 0.25) is 0 Å². The molecule has 1 aromatic rings. The van der Waals surface area contributed by atoms with E-state index >= 15 is 0 Å². The summed E-state index contributed by atoms with van der Waals surface area (Å²) in [6.07, 6.45) is 2.83. The van der Waals surface area contributed by atoms with E-state index in [1.165, 1.54) is 12.1 Å². The summed E-state index contributed by atoms with van der Waals surface area (Å²) in [6, 6.07) is 14.5. The zero-order chi connectivity index (χ0) is 23.7. The van der Waals surface area contributed by atoms with Crippen molar-refractivity contribution in [2.24, 2.45) is 0 Å². The summed E-state index contributed by atoms with van der Waals surface area (Å²) in [7, 11) is 2.17. The monoisotopic (exact) mass is 459 g/mol. The highest BCUT2D eigenvalue weighted by molar-refractivity contribution is 6.35. The summed E-state index contributed by atoms with van der Waals surface area (Å²) >= 11 is 0. The molecule has 6 heteroatoms. The molecule has 0 aromatic heterocycles. The van der Waals surface area contributed by atoms with Gasteiger partial charge >= 0.3 is 0 Å². The highest BCUT2D eigenvalue weighted by Gasteiger charge is 2.26. The number of ether oxygens (including phenoxy) is 1. The van der Waals surface area contributed by atoms with E-state index in [9.17, 15) is 9.18 Å². The second-order valence-corrected chi connectivity index (χ2v) is 9.20. The van der Waals surface area contributed by atoms with Gasteiger partial charge < -0.3 is 19.9 Å². The Morgan fingerprint density at radius 2 is 1.85 bits per heavy atom. The third-order valence-corrected chi connectivity index (χ3v) is 6.75. The molecule has 2 aliphatic carbocycles. The number of piperazine rings is 1. The summed E-state index contributed by atoms with van der Waals surface area (Å²) in [5.74, 6) is 0.277. The zero-order valence-electron chi connectivity index (χ0n) is 19.7. The molecule has 0 bridgehead atoms. The van der Waals surface area contributed by atoms with Crippen molar-refractivity contribution in [2.45, 2.75) is 13.3 Å². The Labute approximate surface area is 200 Å². The zero-order valence-corrected chi connectivity index (χ0v) is 19.7. The molecule has 2 aliphatic heterocycles. The van der Waals surface area contributed by atoms with E-state index < -0.39 is 0 Å². The largest absolute Gasteiger partial charge is 0.493 e. The topological polar surface area (TPSA) is 44.8 Å². The molecule has 0 unspecified atom stereocenters.